The maximum Gasteiger partial charge on any atom is 0.308 e. The Morgan fingerprint density at radius 3 is 2.86 bits per heavy atom. The van der Waals surface area contributed by atoms with Crippen molar-refractivity contribution >= 4 is 5.97 Å². The highest BCUT2D eigenvalue weighted by Gasteiger charge is 2.12. The van der Waals surface area contributed by atoms with Gasteiger partial charge >= 0.3 is 5.97 Å². The molecule has 0 amide bonds. The van der Waals surface area contributed by atoms with Gasteiger partial charge in [0.15, 0.2) is 0 Å². The van der Waals surface area contributed by atoms with Gasteiger partial charge in [-0.2, -0.15) is 0 Å². The molecule has 14 heavy (non-hydrogen) atoms. The number of ether oxygens (including phenoxy) is 1. The number of benzene rings is 1. The molecule has 76 valence electrons. The van der Waals surface area contributed by atoms with Crippen molar-refractivity contribution in [2.75, 3.05) is 7.11 Å². The van der Waals surface area contributed by atoms with Crippen LogP contribution in [-0.2, 0) is 9.53 Å². The summed E-state index contributed by atoms with van der Waals surface area (Å²) in [6.07, 6.45) is -0.776. The van der Waals surface area contributed by atoms with E-state index in [0.717, 1.165) is 11.1 Å². The van der Waals surface area contributed by atoms with Gasteiger partial charge in [-0.25, -0.2) is 0 Å². The summed E-state index contributed by atoms with van der Waals surface area (Å²) in [7, 11) is 1.31. The molecule has 0 aromatic heterocycles. The molecule has 0 saturated carbocycles. The Morgan fingerprint density at radius 2 is 2.29 bits per heavy atom. The summed E-state index contributed by atoms with van der Waals surface area (Å²) >= 11 is 0. The molecule has 0 aliphatic heterocycles. The Labute approximate surface area is 83.3 Å². The van der Waals surface area contributed by atoms with Gasteiger partial charge in [0.25, 0.3) is 0 Å². The summed E-state index contributed by atoms with van der Waals surface area (Å²) in [5, 5.41) is 9.65. The lowest BCUT2D eigenvalue weighted by Gasteiger charge is -2.09. The number of aliphatic hydroxyl groups excluding tert-OH is 1. The van der Waals surface area contributed by atoms with E-state index >= 15 is 0 Å². The van der Waals surface area contributed by atoms with Gasteiger partial charge in [0.1, 0.15) is 0 Å². The number of esters is 1. The second-order valence-corrected chi connectivity index (χ2v) is 3.21. The molecular weight excluding hydrogens is 180 g/mol. The van der Waals surface area contributed by atoms with Gasteiger partial charge in [-0.3, -0.25) is 4.79 Å². The van der Waals surface area contributed by atoms with Gasteiger partial charge in [-0.1, -0.05) is 29.8 Å². The first-order chi connectivity index (χ1) is 6.63. The van der Waals surface area contributed by atoms with Gasteiger partial charge in [0.05, 0.1) is 19.6 Å². The van der Waals surface area contributed by atoms with Crippen LogP contribution in [0.4, 0.5) is 0 Å². The van der Waals surface area contributed by atoms with Crippen molar-refractivity contribution in [1.29, 1.82) is 0 Å². The Balaban J connectivity index is 2.69. The molecule has 0 saturated heterocycles. The Kier molecular flexibility index (Phi) is 3.65. The number of hydrogen-bond donors (Lipinski definition) is 1. The highest BCUT2D eigenvalue weighted by molar-refractivity contribution is 5.70. The lowest BCUT2D eigenvalue weighted by molar-refractivity contribution is -0.142. The van der Waals surface area contributed by atoms with Gasteiger partial charge in [-0.05, 0) is 12.5 Å². The fourth-order valence-corrected chi connectivity index (χ4v) is 1.24. The van der Waals surface area contributed by atoms with Crippen LogP contribution in [0.5, 0.6) is 0 Å². The van der Waals surface area contributed by atoms with Gasteiger partial charge in [0, 0.05) is 0 Å². The van der Waals surface area contributed by atoms with Gasteiger partial charge in [-0.15, -0.1) is 0 Å². The fourth-order valence-electron chi connectivity index (χ4n) is 1.24. The number of rotatable bonds is 3. The van der Waals surface area contributed by atoms with E-state index < -0.39 is 12.1 Å². The van der Waals surface area contributed by atoms with Crippen LogP contribution < -0.4 is 0 Å². The molecule has 0 heterocycles. The highest BCUT2D eigenvalue weighted by atomic mass is 16.5. The first-order valence-corrected chi connectivity index (χ1v) is 4.45. The molecule has 1 aromatic rings. The number of methoxy groups -OCH3 is 1. The second-order valence-electron chi connectivity index (χ2n) is 3.21. The zero-order chi connectivity index (χ0) is 10.6. The minimum absolute atomic E-state index is 0.0000463. The zero-order valence-corrected chi connectivity index (χ0v) is 8.36. The Morgan fingerprint density at radius 1 is 1.57 bits per heavy atom. The van der Waals surface area contributed by atoms with Crippen LogP contribution in [0.15, 0.2) is 24.3 Å². The average molecular weight is 194 g/mol. The summed E-state index contributed by atoms with van der Waals surface area (Å²) in [5.41, 5.74) is 1.81. The van der Waals surface area contributed by atoms with E-state index in [2.05, 4.69) is 4.74 Å². The summed E-state index contributed by atoms with van der Waals surface area (Å²) in [5.74, 6) is -0.404. The number of carbonyl (C=O) groups excluding carboxylic acids is 1. The van der Waals surface area contributed by atoms with Crippen molar-refractivity contribution in [3.05, 3.63) is 35.4 Å². The van der Waals surface area contributed by atoms with Gasteiger partial charge in [0.2, 0.25) is 0 Å². The van der Waals surface area contributed by atoms with Crippen LogP contribution in [0.3, 0.4) is 0 Å². The Hall–Kier alpha value is -1.35. The van der Waals surface area contributed by atoms with Crippen molar-refractivity contribution in [2.24, 2.45) is 0 Å². The smallest absolute Gasteiger partial charge is 0.308 e. The number of aryl methyl sites for hydroxylation is 1. The minimum Gasteiger partial charge on any atom is -0.469 e. The first-order valence-electron chi connectivity index (χ1n) is 4.45. The lowest BCUT2D eigenvalue weighted by Crippen LogP contribution is -2.08. The van der Waals surface area contributed by atoms with Gasteiger partial charge < -0.3 is 9.84 Å². The van der Waals surface area contributed by atoms with E-state index in [0.29, 0.717) is 0 Å². The van der Waals surface area contributed by atoms with Crippen LogP contribution in [0.2, 0.25) is 0 Å². The monoisotopic (exact) mass is 194 g/mol. The molecule has 0 aliphatic carbocycles. The SMILES string of the molecule is COC(=O)CC(O)c1cccc(C)c1. The molecule has 1 rings (SSSR count). The van der Waals surface area contributed by atoms with Crippen LogP contribution in [-0.4, -0.2) is 18.2 Å². The Bertz CT molecular complexity index is 320. The molecular formula is C11H14O3. The third-order valence-corrected chi connectivity index (χ3v) is 2.01. The van der Waals surface area contributed by atoms with E-state index in [4.69, 9.17) is 0 Å². The first kappa shape index (κ1) is 10.7. The molecule has 1 atom stereocenters. The van der Waals surface area contributed by atoms with E-state index in [1.807, 2.05) is 25.1 Å². The van der Waals surface area contributed by atoms with Crippen molar-refractivity contribution in [2.45, 2.75) is 19.4 Å². The summed E-state index contributed by atoms with van der Waals surface area (Å²) in [4.78, 5) is 10.9. The van der Waals surface area contributed by atoms with E-state index in [9.17, 15) is 9.90 Å². The predicted octanol–water partition coefficient (Wildman–Crippen LogP) is 1.59. The van der Waals surface area contributed by atoms with Crippen molar-refractivity contribution in [3.8, 4) is 0 Å². The van der Waals surface area contributed by atoms with Crippen LogP contribution >= 0.6 is 0 Å². The van der Waals surface area contributed by atoms with E-state index in [-0.39, 0.29) is 6.42 Å². The largest absolute Gasteiger partial charge is 0.469 e. The molecule has 3 nitrogen and oxygen atoms in total. The highest BCUT2D eigenvalue weighted by Crippen LogP contribution is 2.17. The van der Waals surface area contributed by atoms with Crippen LogP contribution in [0.1, 0.15) is 23.7 Å². The topological polar surface area (TPSA) is 46.5 Å². The third-order valence-electron chi connectivity index (χ3n) is 2.01. The second kappa shape index (κ2) is 4.77. The van der Waals surface area contributed by atoms with Crippen molar-refractivity contribution in [1.82, 2.24) is 0 Å². The van der Waals surface area contributed by atoms with E-state index in [1.54, 1.807) is 6.07 Å². The zero-order valence-electron chi connectivity index (χ0n) is 8.36. The molecule has 1 N–H and O–H groups in total. The molecule has 3 heteroatoms. The average Bonchev–Trinajstić information content (AvgIpc) is 2.17. The molecule has 0 aliphatic rings. The normalized spacial score (nSPS) is 12.2. The standard InChI is InChI=1S/C11H14O3/c1-8-4-3-5-9(6-8)10(12)7-11(13)14-2/h3-6,10,12H,7H2,1-2H3. The number of aliphatic hydroxyl groups is 1. The molecule has 0 fully saturated rings. The van der Waals surface area contributed by atoms with Crippen molar-refractivity contribution in [3.63, 3.8) is 0 Å². The molecule has 0 spiro atoms. The lowest BCUT2D eigenvalue weighted by atomic mass is 10.0. The van der Waals surface area contributed by atoms with Crippen molar-refractivity contribution < 1.29 is 14.6 Å². The minimum atomic E-state index is -0.776. The molecule has 1 unspecified atom stereocenters. The molecule has 1 aromatic carbocycles. The summed E-state index contributed by atoms with van der Waals surface area (Å²) in [6.45, 7) is 1.94. The third kappa shape index (κ3) is 2.85. The quantitative estimate of drug-likeness (QED) is 0.743. The maximum absolute atomic E-state index is 10.9. The van der Waals surface area contributed by atoms with Crippen LogP contribution in [0, 0.1) is 6.92 Å². The maximum atomic E-state index is 10.9. The van der Waals surface area contributed by atoms with Crippen LogP contribution in [0.25, 0.3) is 0 Å². The molecule has 0 bridgehead atoms. The predicted molar refractivity (Wildman–Crippen MR) is 52.8 cm³/mol. The summed E-state index contributed by atoms with van der Waals surface area (Å²) < 4.78 is 4.47. The fraction of sp³-hybridized carbons (Fsp3) is 0.364. The number of carbonyl (C=O) groups is 1. The number of hydrogen-bond acceptors (Lipinski definition) is 3. The molecule has 0 radical (unpaired) electrons. The summed E-state index contributed by atoms with van der Waals surface area (Å²) in [6, 6.07) is 7.44. The van der Waals surface area contributed by atoms with E-state index in [1.165, 1.54) is 7.11 Å².